The number of rotatable bonds is 9. The van der Waals surface area contributed by atoms with E-state index in [1.165, 1.54) is 0 Å². The molecule has 2 aromatic rings. The molecule has 154 valence electrons. The number of nitrogens with one attached hydrogen (secondary N) is 2. The Morgan fingerprint density at radius 1 is 1.25 bits per heavy atom. The predicted octanol–water partition coefficient (Wildman–Crippen LogP) is 2.31. The van der Waals surface area contributed by atoms with Gasteiger partial charge in [0, 0.05) is 31.9 Å². The van der Waals surface area contributed by atoms with E-state index in [2.05, 4.69) is 26.8 Å². The summed E-state index contributed by atoms with van der Waals surface area (Å²) in [5.41, 5.74) is 2.17. The van der Waals surface area contributed by atoms with Crippen molar-refractivity contribution in [3.63, 3.8) is 0 Å². The Kier molecular flexibility index (Phi) is 8.04. The molecule has 0 saturated carbocycles. The van der Waals surface area contributed by atoms with Crippen LogP contribution in [0.15, 0.2) is 46.3 Å². The molecule has 0 aliphatic carbocycles. The number of nitrogens with zero attached hydrogens (tertiary/aromatic N) is 3. The van der Waals surface area contributed by atoms with Gasteiger partial charge >= 0.3 is 0 Å². The van der Waals surface area contributed by atoms with Crippen LogP contribution < -0.4 is 10.6 Å². The van der Waals surface area contributed by atoms with Crippen molar-refractivity contribution in [1.82, 2.24) is 20.4 Å². The molecular formula is C20H31N5O2S. The Bertz CT molecular complexity index is 875. The van der Waals surface area contributed by atoms with Crippen molar-refractivity contribution >= 4 is 15.8 Å². The summed E-state index contributed by atoms with van der Waals surface area (Å²) in [5.74, 6) is 0.642. The third kappa shape index (κ3) is 6.37. The standard InChI is InChI=1S/C20H31N5O2S/c1-5-18(15-28(26,27)19-10-7-6-8-11-19)23-20(21-4)22-12-9-13-25-17(3)14-16(2)24-25/h6-8,10-11,14,18H,5,9,12-13,15H2,1-4H3,(H2,21,22,23). The van der Waals surface area contributed by atoms with Gasteiger partial charge in [-0.15, -0.1) is 0 Å². The van der Waals surface area contributed by atoms with Crippen LogP contribution in [-0.2, 0) is 16.4 Å². The molecule has 7 nitrogen and oxygen atoms in total. The van der Waals surface area contributed by atoms with E-state index in [0.29, 0.717) is 17.3 Å². The summed E-state index contributed by atoms with van der Waals surface area (Å²) in [6.07, 6.45) is 1.57. The summed E-state index contributed by atoms with van der Waals surface area (Å²) in [7, 11) is -1.66. The Hall–Kier alpha value is -2.35. The van der Waals surface area contributed by atoms with Crippen LogP contribution in [0.2, 0.25) is 0 Å². The highest BCUT2D eigenvalue weighted by atomic mass is 32.2. The molecular weight excluding hydrogens is 374 g/mol. The minimum absolute atomic E-state index is 0.0278. The summed E-state index contributed by atoms with van der Waals surface area (Å²) in [6.45, 7) is 7.55. The van der Waals surface area contributed by atoms with Crippen LogP contribution in [0.5, 0.6) is 0 Å². The number of guanidine groups is 1. The van der Waals surface area contributed by atoms with Gasteiger partial charge in [0.2, 0.25) is 0 Å². The monoisotopic (exact) mass is 405 g/mol. The number of hydrogen-bond donors (Lipinski definition) is 2. The zero-order chi connectivity index (χ0) is 20.6. The summed E-state index contributed by atoms with van der Waals surface area (Å²) in [5, 5.41) is 10.9. The molecule has 2 N–H and O–H groups in total. The fourth-order valence-corrected chi connectivity index (χ4v) is 4.59. The lowest BCUT2D eigenvalue weighted by Gasteiger charge is -2.20. The van der Waals surface area contributed by atoms with E-state index < -0.39 is 9.84 Å². The summed E-state index contributed by atoms with van der Waals surface area (Å²) >= 11 is 0. The number of sulfone groups is 1. The average Bonchev–Trinajstić information content (AvgIpc) is 3.01. The molecule has 0 spiro atoms. The smallest absolute Gasteiger partial charge is 0.191 e. The lowest BCUT2D eigenvalue weighted by Crippen LogP contribution is -2.46. The van der Waals surface area contributed by atoms with Crippen LogP contribution in [0.4, 0.5) is 0 Å². The van der Waals surface area contributed by atoms with Crippen LogP contribution in [0.3, 0.4) is 0 Å². The maximum atomic E-state index is 12.6. The molecule has 0 radical (unpaired) electrons. The number of aromatic nitrogens is 2. The van der Waals surface area contributed by atoms with Crippen molar-refractivity contribution in [2.24, 2.45) is 4.99 Å². The van der Waals surface area contributed by atoms with E-state index in [0.717, 1.165) is 30.9 Å². The topological polar surface area (TPSA) is 88.4 Å². The second-order valence-corrected chi connectivity index (χ2v) is 8.88. The van der Waals surface area contributed by atoms with E-state index in [1.54, 1.807) is 31.3 Å². The zero-order valence-electron chi connectivity index (χ0n) is 17.1. The third-order valence-electron chi connectivity index (χ3n) is 4.52. The lowest BCUT2D eigenvalue weighted by atomic mass is 10.2. The summed E-state index contributed by atoms with van der Waals surface area (Å²) < 4.78 is 27.2. The molecule has 8 heteroatoms. The van der Waals surface area contributed by atoms with Crippen LogP contribution in [0.1, 0.15) is 31.2 Å². The highest BCUT2D eigenvalue weighted by Gasteiger charge is 2.20. The Labute approximate surface area is 168 Å². The number of hydrogen-bond acceptors (Lipinski definition) is 4. The molecule has 0 fully saturated rings. The van der Waals surface area contributed by atoms with Crippen molar-refractivity contribution in [3.05, 3.63) is 47.8 Å². The van der Waals surface area contributed by atoms with Crippen molar-refractivity contribution < 1.29 is 8.42 Å². The molecule has 1 aromatic heterocycles. The van der Waals surface area contributed by atoms with E-state index in [1.807, 2.05) is 31.5 Å². The quantitative estimate of drug-likeness (QED) is 0.380. The molecule has 0 aliphatic heterocycles. The molecule has 1 heterocycles. The van der Waals surface area contributed by atoms with Crippen LogP contribution in [0.25, 0.3) is 0 Å². The second kappa shape index (κ2) is 10.3. The van der Waals surface area contributed by atoms with Crippen LogP contribution >= 0.6 is 0 Å². The summed E-state index contributed by atoms with van der Waals surface area (Å²) in [6, 6.07) is 10.4. The van der Waals surface area contributed by atoms with Gasteiger partial charge in [0.15, 0.2) is 15.8 Å². The predicted molar refractivity (Wildman–Crippen MR) is 113 cm³/mol. The second-order valence-electron chi connectivity index (χ2n) is 6.85. The number of benzene rings is 1. The highest BCUT2D eigenvalue weighted by molar-refractivity contribution is 7.91. The SMILES string of the molecule is CCC(CS(=O)(=O)c1ccccc1)NC(=NC)NCCCn1nc(C)cc1C. The number of aliphatic imine (C=N–C) groups is 1. The molecule has 0 saturated heterocycles. The van der Waals surface area contributed by atoms with E-state index >= 15 is 0 Å². The van der Waals surface area contributed by atoms with E-state index in [-0.39, 0.29) is 11.8 Å². The molecule has 2 rings (SSSR count). The van der Waals surface area contributed by atoms with E-state index in [9.17, 15) is 8.42 Å². The van der Waals surface area contributed by atoms with Gasteiger partial charge in [0.1, 0.15) is 0 Å². The lowest BCUT2D eigenvalue weighted by molar-refractivity contribution is 0.547. The Morgan fingerprint density at radius 3 is 2.54 bits per heavy atom. The first-order valence-electron chi connectivity index (χ1n) is 9.61. The normalized spacial score (nSPS) is 13.4. The maximum absolute atomic E-state index is 12.6. The van der Waals surface area contributed by atoms with Gasteiger partial charge in [-0.3, -0.25) is 9.67 Å². The van der Waals surface area contributed by atoms with Gasteiger partial charge in [-0.25, -0.2) is 8.42 Å². The minimum Gasteiger partial charge on any atom is -0.356 e. The van der Waals surface area contributed by atoms with E-state index in [4.69, 9.17) is 0 Å². The number of aryl methyl sites for hydroxylation is 3. The van der Waals surface area contributed by atoms with Crippen molar-refractivity contribution in [2.45, 2.75) is 51.1 Å². The fourth-order valence-electron chi connectivity index (χ4n) is 2.98. The third-order valence-corrected chi connectivity index (χ3v) is 6.35. The zero-order valence-corrected chi connectivity index (χ0v) is 18.0. The van der Waals surface area contributed by atoms with Crippen molar-refractivity contribution in [3.8, 4) is 0 Å². The molecule has 1 aromatic carbocycles. The van der Waals surface area contributed by atoms with Crippen LogP contribution in [0, 0.1) is 13.8 Å². The van der Waals surface area contributed by atoms with Crippen molar-refractivity contribution in [2.75, 3.05) is 19.3 Å². The molecule has 0 aliphatic rings. The first-order chi connectivity index (χ1) is 13.4. The molecule has 0 amide bonds. The molecule has 1 unspecified atom stereocenters. The molecule has 28 heavy (non-hydrogen) atoms. The summed E-state index contributed by atoms with van der Waals surface area (Å²) in [4.78, 5) is 4.57. The Balaban J connectivity index is 1.85. The van der Waals surface area contributed by atoms with Gasteiger partial charge in [-0.05, 0) is 44.9 Å². The average molecular weight is 406 g/mol. The van der Waals surface area contributed by atoms with Gasteiger partial charge in [0.25, 0.3) is 0 Å². The molecule has 0 bridgehead atoms. The fraction of sp³-hybridized carbons (Fsp3) is 0.500. The van der Waals surface area contributed by atoms with Gasteiger partial charge in [-0.2, -0.15) is 5.10 Å². The molecule has 1 atom stereocenters. The van der Waals surface area contributed by atoms with Crippen molar-refractivity contribution in [1.29, 1.82) is 0 Å². The van der Waals surface area contributed by atoms with Crippen LogP contribution in [-0.4, -0.2) is 49.5 Å². The first kappa shape index (κ1) is 21.9. The minimum atomic E-state index is -3.35. The largest absolute Gasteiger partial charge is 0.356 e. The van der Waals surface area contributed by atoms with Gasteiger partial charge in [-0.1, -0.05) is 25.1 Å². The Morgan fingerprint density at radius 2 is 1.96 bits per heavy atom. The maximum Gasteiger partial charge on any atom is 0.191 e. The highest BCUT2D eigenvalue weighted by Crippen LogP contribution is 2.12. The van der Waals surface area contributed by atoms with Gasteiger partial charge in [0.05, 0.1) is 16.3 Å². The first-order valence-corrected chi connectivity index (χ1v) is 11.3. The van der Waals surface area contributed by atoms with Gasteiger partial charge < -0.3 is 10.6 Å².